The van der Waals surface area contributed by atoms with E-state index in [0.29, 0.717) is 5.84 Å². The predicted octanol–water partition coefficient (Wildman–Crippen LogP) is 2.79. The van der Waals surface area contributed by atoms with Gasteiger partial charge in [0.1, 0.15) is 11.8 Å². The lowest BCUT2D eigenvalue weighted by atomic mass is 10.2. The molecule has 10 nitrogen and oxygen atoms in total. The van der Waals surface area contributed by atoms with E-state index in [2.05, 4.69) is 41.8 Å². The van der Waals surface area contributed by atoms with Crippen molar-refractivity contribution < 1.29 is 4.74 Å². The van der Waals surface area contributed by atoms with Gasteiger partial charge in [0, 0.05) is 37.1 Å². The fraction of sp³-hybridized carbons (Fsp3) is 0.381. The van der Waals surface area contributed by atoms with Crippen molar-refractivity contribution in [3.63, 3.8) is 0 Å². The van der Waals surface area contributed by atoms with Crippen LogP contribution in [0.1, 0.15) is 25.0 Å². The van der Waals surface area contributed by atoms with Gasteiger partial charge >= 0.3 is 0 Å². The maximum atomic E-state index is 6.07. The number of ether oxygens (including phenoxy) is 1. The van der Waals surface area contributed by atoms with E-state index in [1.165, 1.54) is 0 Å². The molecule has 3 heterocycles. The van der Waals surface area contributed by atoms with Crippen molar-refractivity contribution in [3.8, 4) is 0 Å². The second-order valence-electron chi connectivity index (χ2n) is 7.62. The number of fused-ring (bicyclic) bond motifs is 1. The van der Waals surface area contributed by atoms with Crippen molar-refractivity contribution in [1.82, 2.24) is 19.5 Å². The molecular formula is C21H27N9O. The van der Waals surface area contributed by atoms with Gasteiger partial charge in [0.15, 0.2) is 11.7 Å². The molecule has 0 atom stereocenters. The molecule has 31 heavy (non-hydrogen) atoms. The molecule has 4 rings (SSSR count). The summed E-state index contributed by atoms with van der Waals surface area (Å²) in [5, 5.41) is 19.5. The van der Waals surface area contributed by atoms with Gasteiger partial charge in [-0.2, -0.15) is 10.2 Å². The van der Waals surface area contributed by atoms with Crippen LogP contribution >= 0.6 is 0 Å². The zero-order valence-corrected chi connectivity index (χ0v) is 17.8. The van der Waals surface area contributed by atoms with Crippen LogP contribution in [0.3, 0.4) is 0 Å². The van der Waals surface area contributed by atoms with E-state index < -0.39 is 0 Å². The van der Waals surface area contributed by atoms with Gasteiger partial charge in [-0.15, -0.1) is 5.10 Å². The molecule has 0 spiro atoms. The molecular weight excluding hydrogens is 394 g/mol. The van der Waals surface area contributed by atoms with Crippen LogP contribution < -0.4 is 11.1 Å². The first-order chi connectivity index (χ1) is 15.1. The molecule has 1 saturated heterocycles. The number of rotatable bonds is 7. The molecule has 1 aliphatic rings. The van der Waals surface area contributed by atoms with E-state index in [1.54, 1.807) is 6.33 Å². The molecule has 0 unspecified atom stereocenters. The third-order valence-electron chi connectivity index (χ3n) is 4.89. The number of nitrogens with zero attached hydrogens (tertiary/aromatic N) is 7. The summed E-state index contributed by atoms with van der Waals surface area (Å²) < 4.78 is 7.30. The maximum absolute atomic E-state index is 6.07. The maximum Gasteiger partial charge on any atom is 0.158 e. The zero-order chi connectivity index (χ0) is 21.6. The summed E-state index contributed by atoms with van der Waals surface area (Å²) in [4.78, 5) is 6.86. The predicted molar refractivity (Wildman–Crippen MR) is 120 cm³/mol. The van der Waals surface area contributed by atoms with Gasteiger partial charge in [-0.3, -0.25) is 4.90 Å². The fourth-order valence-corrected chi connectivity index (χ4v) is 3.37. The number of nitrogens with two attached hydrogens (primary N) is 1. The van der Waals surface area contributed by atoms with Crippen molar-refractivity contribution in [3.05, 3.63) is 54.0 Å². The van der Waals surface area contributed by atoms with Crippen LogP contribution in [-0.2, 0) is 11.3 Å². The monoisotopic (exact) mass is 421 g/mol. The highest BCUT2D eigenvalue weighted by Gasteiger charge is 2.16. The van der Waals surface area contributed by atoms with Gasteiger partial charge in [-0.1, -0.05) is 12.1 Å². The van der Waals surface area contributed by atoms with E-state index in [0.717, 1.165) is 61.0 Å². The number of amidine groups is 1. The van der Waals surface area contributed by atoms with Crippen molar-refractivity contribution in [2.24, 2.45) is 21.2 Å². The first-order valence-corrected chi connectivity index (χ1v) is 10.3. The number of morpholine rings is 1. The molecule has 3 aromatic rings. The highest BCUT2D eigenvalue weighted by molar-refractivity contribution is 5.98. The molecule has 0 aliphatic carbocycles. The van der Waals surface area contributed by atoms with Gasteiger partial charge in [-0.05, 0) is 42.8 Å². The third kappa shape index (κ3) is 5.22. The molecule has 1 aromatic carbocycles. The lowest BCUT2D eigenvalue weighted by molar-refractivity contribution is 0.0344. The zero-order valence-electron chi connectivity index (χ0n) is 17.8. The summed E-state index contributed by atoms with van der Waals surface area (Å²) in [7, 11) is 0. The number of aromatic nitrogens is 3. The Morgan fingerprint density at radius 2 is 2.10 bits per heavy atom. The lowest BCUT2D eigenvalue weighted by Gasteiger charge is -2.26. The van der Waals surface area contributed by atoms with Crippen molar-refractivity contribution in [2.45, 2.75) is 26.4 Å². The van der Waals surface area contributed by atoms with Crippen LogP contribution in [0.5, 0.6) is 0 Å². The van der Waals surface area contributed by atoms with E-state index in [9.17, 15) is 0 Å². The molecule has 0 radical (unpaired) electrons. The Hall–Kier alpha value is -3.37. The molecule has 0 amide bonds. The van der Waals surface area contributed by atoms with Crippen molar-refractivity contribution in [2.75, 3.05) is 31.6 Å². The van der Waals surface area contributed by atoms with Crippen LogP contribution in [0.2, 0.25) is 0 Å². The first kappa shape index (κ1) is 20.9. The Morgan fingerprint density at radius 3 is 2.90 bits per heavy atom. The quantitative estimate of drug-likeness (QED) is 0.262. The van der Waals surface area contributed by atoms with Crippen LogP contribution in [0.15, 0.2) is 58.3 Å². The Labute approximate surface area is 180 Å². The summed E-state index contributed by atoms with van der Waals surface area (Å²) >= 11 is 0. The molecule has 1 fully saturated rings. The Morgan fingerprint density at radius 1 is 1.26 bits per heavy atom. The lowest BCUT2D eigenvalue weighted by Crippen LogP contribution is -2.35. The summed E-state index contributed by atoms with van der Waals surface area (Å²) in [6, 6.07) is 9.81. The van der Waals surface area contributed by atoms with E-state index >= 15 is 0 Å². The number of benzene rings is 1. The second-order valence-corrected chi connectivity index (χ2v) is 7.62. The molecule has 162 valence electrons. The smallest absolute Gasteiger partial charge is 0.158 e. The SMILES string of the molecule is CC(C)N=NN=C(N)c1cccc(Nc2ncnn3ccc(CN4CCOCC4)c23)c1. The van der Waals surface area contributed by atoms with Crippen molar-refractivity contribution in [1.29, 1.82) is 0 Å². The van der Waals surface area contributed by atoms with E-state index in [4.69, 9.17) is 10.5 Å². The number of nitrogens with one attached hydrogen (secondary N) is 1. The summed E-state index contributed by atoms with van der Waals surface area (Å²) in [6.45, 7) is 8.04. The van der Waals surface area contributed by atoms with Gasteiger partial charge in [-0.25, -0.2) is 9.50 Å². The number of hydrogen-bond acceptors (Lipinski definition) is 7. The largest absolute Gasteiger partial charge is 0.382 e. The topological polar surface area (TPSA) is 118 Å². The molecule has 3 N–H and O–H groups in total. The standard InChI is InChI=1S/C21H27N9O/c1-15(2)26-28-27-20(22)16-4-3-5-18(12-16)25-21-19-17(6-7-30(19)24-14-23-21)13-29-8-10-31-11-9-29/h3-7,12,14-15H,8-11,13H2,1-2H3,(H2,22,26,27)(H,23,24,25). The van der Waals surface area contributed by atoms with Crippen molar-refractivity contribution >= 4 is 22.9 Å². The molecule has 2 aromatic heterocycles. The minimum atomic E-state index is 0.0680. The Balaban J connectivity index is 1.58. The normalized spacial score (nSPS) is 15.9. The average molecular weight is 422 g/mol. The third-order valence-corrected chi connectivity index (χ3v) is 4.89. The molecule has 1 aliphatic heterocycles. The molecule has 0 bridgehead atoms. The molecule has 10 heteroatoms. The second kappa shape index (κ2) is 9.63. The van der Waals surface area contributed by atoms with Gasteiger partial charge in [0.25, 0.3) is 0 Å². The highest BCUT2D eigenvalue weighted by atomic mass is 16.5. The Bertz CT molecular complexity index is 1080. The van der Waals surface area contributed by atoms with Crippen LogP contribution in [-0.4, -0.2) is 57.7 Å². The van der Waals surface area contributed by atoms with E-state index in [1.807, 2.05) is 48.8 Å². The summed E-state index contributed by atoms with van der Waals surface area (Å²) in [6.07, 6.45) is 3.50. The highest BCUT2D eigenvalue weighted by Crippen LogP contribution is 2.24. The van der Waals surface area contributed by atoms with E-state index in [-0.39, 0.29) is 6.04 Å². The fourth-order valence-electron chi connectivity index (χ4n) is 3.37. The van der Waals surface area contributed by atoms with Gasteiger partial charge in [0.2, 0.25) is 0 Å². The number of hydrogen-bond donors (Lipinski definition) is 2. The minimum Gasteiger partial charge on any atom is -0.382 e. The van der Waals surface area contributed by atoms with Crippen LogP contribution in [0.4, 0.5) is 11.5 Å². The van der Waals surface area contributed by atoms with Gasteiger partial charge in [0.05, 0.1) is 19.3 Å². The van der Waals surface area contributed by atoms with Gasteiger partial charge < -0.3 is 15.8 Å². The number of anilines is 2. The summed E-state index contributed by atoms with van der Waals surface area (Å²) in [5.74, 6) is 1.03. The van der Waals surface area contributed by atoms with Crippen LogP contribution in [0.25, 0.3) is 5.52 Å². The summed E-state index contributed by atoms with van der Waals surface area (Å²) in [5.41, 5.74) is 9.78. The Kier molecular flexibility index (Phi) is 6.48. The minimum absolute atomic E-state index is 0.0680. The first-order valence-electron chi connectivity index (χ1n) is 10.3. The van der Waals surface area contributed by atoms with Crippen LogP contribution in [0, 0.1) is 0 Å². The average Bonchev–Trinajstić information content (AvgIpc) is 3.18. The molecule has 0 saturated carbocycles.